The maximum atomic E-state index is 12.0. The average Bonchev–Trinajstić information content (AvgIpc) is 3.35. The third-order valence-electron chi connectivity index (χ3n) is 5.42. The minimum absolute atomic E-state index is 0.0362. The van der Waals surface area contributed by atoms with E-state index in [2.05, 4.69) is 39.5 Å². The molecule has 6 heteroatoms. The standard InChI is InChI=1S/C22H24ClN3O2/c23-19-8-9-20(25-22(19)28)18(13-17-7-10-21(27)24-17)16-5-3-15(4-6-16)14-26-11-1-2-12-26/h3-6,8-9,13,17H,1-2,7,10-12,14H2,(H,24,27)(H,25,28)/t17-/m1/s1. The summed E-state index contributed by atoms with van der Waals surface area (Å²) in [4.78, 5) is 28.9. The number of amides is 1. The first kappa shape index (κ1) is 19.0. The summed E-state index contributed by atoms with van der Waals surface area (Å²) in [6.45, 7) is 3.30. The van der Waals surface area contributed by atoms with Crippen molar-refractivity contribution in [2.75, 3.05) is 13.1 Å². The number of carbonyl (C=O) groups excluding carboxylic acids is 1. The highest BCUT2D eigenvalue weighted by atomic mass is 35.5. The number of H-pyrrole nitrogens is 1. The number of likely N-dealkylation sites (tertiary alicyclic amines) is 1. The van der Waals surface area contributed by atoms with Crippen LogP contribution in [-0.4, -0.2) is 34.9 Å². The van der Waals surface area contributed by atoms with E-state index in [1.165, 1.54) is 31.5 Å². The molecule has 1 amide bonds. The summed E-state index contributed by atoms with van der Waals surface area (Å²) >= 11 is 5.90. The van der Waals surface area contributed by atoms with E-state index in [0.717, 1.165) is 24.1 Å². The Hall–Kier alpha value is -2.37. The van der Waals surface area contributed by atoms with E-state index in [1.54, 1.807) is 6.07 Å². The molecule has 0 aliphatic carbocycles. The Kier molecular flexibility index (Phi) is 5.64. The molecule has 2 aliphatic rings. The summed E-state index contributed by atoms with van der Waals surface area (Å²) in [6.07, 6.45) is 5.87. The Labute approximate surface area is 169 Å². The number of halogens is 1. The van der Waals surface area contributed by atoms with Gasteiger partial charge in [0.1, 0.15) is 5.02 Å². The van der Waals surface area contributed by atoms with Crippen molar-refractivity contribution in [3.63, 3.8) is 0 Å². The lowest BCUT2D eigenvalue weighted by atomic mass is 9.98. The van der Waals surface area contributed by atoms with Gasteiger partial charge in [0, 0.05) is 30.3 Å². The van der Waals surface area contributed by atoms with Gasteiger partial charge in [0.05, 0.1) is 0 Å². The topological polar surface area (TPSA) is 65.2 Å². The van der Waals surface area contributed by atoms with Crippen LogP contribution in [0.15, 0.2) is 47.3 Å². The predicted octanol–water partition coefficient (Wildman–Crippen LogP) is 3.33. The van der Waals surface area contributed by atoms with Crippen molar-refractivity contribution in [2.45, 2.75) is 38.3 Å². The zero-order chi connectivity index (χ0) is 19.5. The zero-order valence-corrected chi connectivity index (χ0v) is 16.5. The van der Waals surface area contributed by atoms with Gasteiger partial charge in [0.25, 0.3) is 5.56 Å². The number of benzene rings is 1. The molecule has 28 heavy (non-hydrogen) atoms. The van der Waals surface area contributed by atoms with Crippen LogP contribution in [0.3, 0.4) is 0 Å². The monoisotopic (exact) mass is 397 g/mol. The fourth-order valence-electron chi connectivity index (χ4n) is 3.91. The number of hydrogen-bond donors (Lipinski definition) is 2. The van der Waals surface area contributed by atoms with Gasteiger partial charge in [-0.2, -0.15) is 0 Å². The van der Waals surface area contributed by atoms with Gasteiger partial charge >= 0.3 is 0 Å². The summed E-state index contributed by atoms with van der Waals surface area (Å²) in [5.74, 6) is 0.0613. The number of hydrogen-bond acceptors (Lipinski definition) is 3. The molecule has 146 valence electrons. The molecule has 2 saturated heterocycles. The predicted molar refractivity (Wildman–Crippen MR) is 111 cm³/mol. The van der Waals surface area contributed by atoms with Crippen LogP contribution in [0.5, 0.6) is 0 Å². The third-order valence-corrected chi connectivity index (χ3v) is 5.72. The molecular weight excluding hydrogens is 374 g/mol. The van der Waals surface area contributed by atoms with Crippen LogP contribution < -0.4 is 10.9 Å². The molecule has 2 aromatic rings. The molecule has 2 N–H and O–H groups in total. The van der Waals surface area contributed by atoms with Crippen molar-refractivity contribution < 1.29 is 4.79 Å². The maximum Gasteiger partial charge on any atom is 0.267 e. The number of rotatable bonds is 5. The van der Waals surface area contributed by atoms with E-state index in [9.17, 15) is 9.59 Å². The fraction of sp³-hybridized carbons (Fsp3) is 0.364. The molecule has 0 radical (unpaired) electrons. The van der Waals surface area contributed by atoms with Crippen LogP contribution in [-0.2, 0) is 11.3 Å². The molecule has 2 fully saturated rings. The van der Waals surface area contributed by atoms with E-state index in [1.807, 2.05) is 12.1 Å². The number of pyridine rings is 1. The van der Waals surface area contributed by atoms with E-state index in [4.69, 9.17) is 11.6 Å². The second kappa shape index (κ2) is 8.33. The molecule has 1 aromatic carbocycles. The van der Waals surface area contributed by atoms with Gasteiger partial charge in [0.15, 0.2) is 0 Å². The number of carbonyl (C=O) groups is 1. The van der Waals surface area contributed by atoms with E-state index < -0.39 is 0 Å². The largest absolute Gasteiger partial charge is 0.350 e. The van der Waals surface area contributed by atoms with E-state index >= 15 is 0 Å². The maximum absolute atomic E-state index is 12.0. The first-order valence-electron chi connectivity index (χ1n) is 9.80. The van der Waals surface area contributed by atoms with E-state index in [0.29, 0.717) is 12.1 Å². The molecule has 0 unspecified atom stereocenters. The van der Waals surface area contributed by atoms with Crippen LogP contribution in [0, 0.1) is 0 Å². The Morgan fingerprint density at radius 2 is 1.86 bits per heavy atom. The van der Waals surface area contributed by atoms with Crippen molar-refractivity contribution in [2.24, 2.45) is 0 Å². The Morgan fingerprint density at radius 3 is 2.50 bits per heavy atom. The van der Waals surface area contributed by atoms with Gasteiger partial charge < -0.3 is 10.3 Å². The second-order valence-corrected chi connectivity index (χ2v) is 7.93. The minimum atomic E-state index is -0.314. The third kappa shape index (κ3) is 4.37. The first-order chi connectivity index (χ1) is 13.6. The Balaban J connectivity index is 1.64. The van der Waals surface area contributed by atoms with Crippen LogP contribution in [0.2, 0.25) is 5.02 Å². The van der Waals surface area contributed by atoms with Crippen LogP contribution in [0.1, 0.15) is 42.5 Å². The van der Waals surface area contributed by atoms with Gasteiger partial charge in [0.2, 0.25) is 5.91 Å². The normalized spacial score (nSPS) is 20.5. The molecule has 5 nitrogen and oxygen atoms in total. The SMILES string of the molecule is O=C1CC[C@H](C=C(c2ccc(CN3CCCC3)cc2)c2ccc(Cl)c(=O)[nH]2)N1. The van der Waals surface area contributed by atoms with Crippen LogP contribution in [0.4, 0.5) is 0 Å². The van der Waals surface area contributed by atoms with E-state index in [-0.39, 0.29) is 22.5 Å². The fourth-order valence-corrected chi connectivity index (χ4v) is 4.02. The quantitative estimate of drug-likeness (QED) is 0.813. The summed E-state index contributed by atoms with van der Waals surface area (Å²) in [6, 6.07) is 11.8. The lowest BCUT2D eigenvalue weighted by Gasteiger charge is -2.16. The van der Waals surface area contributed by atoms with Crippen molar-refractivity contribution in [1.29, 1.82) is 0 Å². The van der Waals surface area contributed by atoms with Gasteiger partial charge in [-0.25, -0.2) is 0 Å². The Morgan fingerprint density at radius 1 is 1.11 bits per heavy atom. The number of nitrogens with one attached hydrogen (secondary N) is 2. The minimum Gasteiger partial charge on any atom is -0.350 e. The highest BCUT2D eigenvalue weighted by Gasteiger charge is 2.20. The highest BCUT2D eigenvalue weighted by Crippen LogP contribution is 2.25. The molecule has 1 aromatic heterocycles. The first-order valence-corrected chi connectivity index (χ1v) is 10.2. The Bertz CT molecular complexity index is 943. The van der Waals surface area contributed by atoms with Gasteiger partial charge in [-0.3, -0.25) is 14.5 Å². The zero-order valence-electron chi connectivity index (χ0n) is 15.7. The van der Waals surface area contributed by atoms with Gasteiger partial charge in [-0.05, 0) is 55.6 Å². The number of aromatic nitrogens is 1. The molecule has 4 rings (SSSR count). The smallest absolute Gasteiger partial charge is 0.267 e. The van der Waals surface area contributed by atoms with Crippen molar-refractivity contribution in [1.82, 2.24) is 15.2 Å². The number of aromatic amines is 1. The van der Waals surface area contributed by atoms with Crippen molar-refractivity contribution in [3.05, 3.63) is 74.7 Å². The lowest BCUT2D eigenvalue weighted by Crippen LogP contribution is -2.23. The summed E-state index contributed by atoms with van der Waals surface area (Å²) in [7, 11) is 0. The van der Waals surface area contributed by atoms with Crippen molar-refractivity contribution >= 4 is 23.1 Å². The molecule has 0 saturated carbocycles. The summed E-state index contributed by atoms with van der Waals surface area (Å²) in [5.41, 5.74) is 3.57. The molecule has 0 spiro atoms. The lowest BCUT2D eigenvalue weighted by molar-refractivity contribution is -0.119. The van der Waals surface area contributed by atoms with Crippen LogP contribution in [0.25, 0.3) is 5.57 Å². The van der Waals surface area contributed by atoms with Gasteiger partial charge in [-0.15, -0.1) is 0 Å². The average molecular weight is 398 g/mol. The summed E-state index contributed by atoms with van der Waals surface area (Å²) < 4.78 is 0. The second-order valence-electron chi connectivity index (χ2n) is 7.52. The number of nitrogens with zero attached hydrogens (tertiary/aromatic N) is 1. The van der Waals surface area contributed by atoms with Crippen LogP contribution >= 0.6 is 11.6 Å². The van der Waals surface area contributed by atoms with Gasteiger partial charge in [-0.1, -0.05) is 41.9 Å². The molecule has 3 heterocycles. The van der Waals surface area contributed by atoms with Crippen molar-refractivity contribution in [3.8, 4) is 0 Å². The molecule has 0 bridgehead atoms. The summed E-state index contributed by atoms with van der Waals surface area (Å²) in [5, 5.41) is 3.13. The molecular formula is C22H24ClN3O2. The molecule has 1 atom stereocenters. The highest BCUT2D eigenvalue weighted by molar-refractivity contribution is 6.30. The molecule has 2 aliphatic heterocycles.